The van der Waals surface area contributed by atoms with Crippen molar-refractivity contribution >= 4 is 0 Å². The Labute approximate surface area is 92.1 Å². The Kier molecular flexibility index (Phi) is 5.28. The van der Waals surface area contributed by atoms with Crippen molar-refractivity contribution in [2.75, 3.05) is 13.2 Å². The third-order valence-corrected chi connectivity index (χ3v) is 2.17. The minimum atomic E-state index is -1.18. The molecular formula is C11H14F3NO. The summed E-state index contributed by atoms with van der Waals surface area (Å²) in [7, 11) is 0. The first-order valence-electron chi connectivity index (χ1n) is 5.10. The molecule has 0 aliphatic carbocycles. The second kappa shape index (κ2) is 6.50. The van der Waals surface area contributed by atoms with E-state index in [0.717, 1.165) is 12.5 Å². The Bertz CT molecular complexity index is 344. The molecule has 0 radical (unpaired) electrons. The fraction of sp³-hybridized carbons (Fsp3) is 0.455. The van der Waals surface area contributed by atoms with Gasteiger partial charge in [0.15, 0.2) is 11.6 Å². The van der Waals surface area contributed by atoms with Crippen LogP contribution in [-0.4, -0.2) is 18.3 Å². The van der Waals surface area contributed by atoms with Crippen molar-refractivity contribution < 1.29 is 18.3 Å². The first-order valence-corrected chi connectivity index (χ1v) is 5.10. The van der Waals surface area contributed by atoms with Gasteiger partial charge in [-0.15, -0.1) is 0 Å². The number of aliphatic hydroxyl groups is 1. The number of aliphatic hydroxyl groups excluding tert-OH is 1. The van der Waals surface area contributed by atoms with Gasteiger partial charge in [0.2, 0.25) is 0 Å². The lowest BCUT2D eigenvalue weighted by molar-refractivity contribution is 0.283. The minimum Gasteiger partial charge on any atom is -0.396 e. The Morgan fingerprint density at radius 2 is 1.69 bits per heavy atom. The highest BCUT2D eigenvalue weighted by molar-refractivity contribution is 5.19. The molecule has 0 atom stereocenters. The van der Waals surface area contributed by atoms with E-state index in [9.17, 15) is 13.2 Å². The topological polar surface area (TPSA) is 32.3 Å². The maximum atomic E-state index is 13.1. The van der Waals surface area contributed by atoms with E-state index in [0.29, 0.717) is 19.0 Å². The van der Waals surface area contributed by atoms with Crippen molar-refractivity contribution in [2.24, 2.45) is 0 Å². The van der Waals surface area contributed by atoms with E-state index in [1.54, 1.807) is 0 Å². The molecule has 0 spiro atoms. The van der Waals surface area contributed by atoms with Gasteiger partial charge in [0, 0.05) is 24.8 Å². The fourth-order valence-corrected chi connectivity index (χ4v) is 1.28. The second-order valence-electron chi connectivity index (χ2n) is 3.47. The van der Waals surface area contributed by atoms with E-state index in [1.807, 2.05) is 0 Å². The number of hydrogen-bond donors (Lipinski definition) is 2. The van der Waals surface area contributed by atoms with Crippen molar-refractivity contribution in [1.82, 2.24) is 5.32 Å². The van der Waals surface area contributed by atoms with E-state index >= 15 is 0 Å². The summed E-state index contributed by atoms with van der Waals surface area (Å²) in [6, 6.07) is 1.39. The number of nitrogens with one attached hydrogen (secondary N) is 1. The molecule has 2 N–H and O–H groups in total. The Balaban J connectivity index is 2.45. The molecule has 1 aromatic rings. The number of benzene rings is 1. The lowest BCUT2D eigenvalue weighted by Crippen LogP contribution is -2.16. The highest BCUT2D eigenvalue weighted by Gasteiger charge is 2.08. The van der Waals surface area contributed by atoms with Gasteiger partial charge in [-0.2, -0.15) is 0 Å². The molecule has 0 heterocycles. The molecule has 0 aromatic heterocycles. The average Bonchev–Trinajstić information content (AvgIpc) is 2.25. The molecule has 90 valence electrons. The maximum Gasteiger partial charge on any atom is 0.161 e. The van der Waals surface area contributed by atoms with Gasteiger partial charge in [-0.05, 0) is 25.5 Å². The first kappa shape index (κ1) is 13.0. The van der Waals surface area contributed by atoms with Crippen LogP contribution in [-0.2, 0) is 6.54 Å². The molecule has 0 saturated heterocycles. The highest BCUT2D eigenvalue weighted by atomic mass is 19.2. The van der Waals surface area contributed by atoms with Crippen LogP contribution in [0.1, 0.15) is 18.4 Å². The zero-order chi connectivity index (χ0) is 12.0. The van der Waals surface area contributed by atoms with Crippen LogP contribution >= 0.6 is 0 Å². The number of unbranched alkanes of at least 4 members (excludes halogenated alkanes) is 1. The van der Waals surface area contributed by atoms with Crippen molar-refractivity contribution in [3.63, 3.8) is 0 Å². The summed E-state index contributed by atoms with van der Waals surface area (Å²) in [5.74, 6) is -2.98. The van der Waals surface area contributed by atoms with Crippen LogP contribution in [0.15, 0.2) is 12.1 Å². The lowest BCUT2D eigenvalue weighted by atomic mass is 10.2. The predicted molar refractivity (Wildman–Crippen MR) is 54.3 cm³/mol. The van der Waals surface area contributed by atoms with Gasteiger partial charge < -0.3 is 10.4 Å². The second-order valence-corrected chi connectivity index (χ2v) is 3.47. The molecule has 0 fully saturated rings. The molecule has 0 aliphatic rings. The van der Waals surface area contributed by atoms with Crippen molar-refractivity contribution in [2.45, 2.75) is 19.4 Å². The molecule has 1 aromatic carbocycles. The number of halogens is 3. The predicted octanol–water partition coefficient (Wildman–Crippen LogP) is 1.97. The van der Waals surface area contributed by atoms with Crippen molar-refractivity contribution in [1.29, 1.82) is 0 Å². The summed E-state index contributed by atoms with van der Waals surface area (Å²) in [4.78, 5) is 0. The first-order chi connectivity index (χ1) is 7.65. The van der Waals surface area contributed by atoms with Crippen molar-refractivity contribution in [3.8, 4) is 0 Å². The fourth-order valence-electron chi connectivity index (χ4n) is 1.28. The van der Waals surface area contributed by atoms with Crippen LogP contribution in [0.3, 0.4) is 0 Å². The van der Waals surface area contributed by atoms with Crippen LogP contribution in [0.2, 0.25) is 0 Å². The summed E-state index contributed by atoms with van der Waals surface area (Å²) in [6.45, 7) is 0.856. The van der Waals surface area contributed by atoms with Gasteiger partial charge in [-0.3, -0.25) is 0 Å². The van der Waals surface area contributed by atoms with Crippen molar-refractivity contribution in [3.05, 3.63) is 35.1 Å². The molecule has 0 amide bonds. The van der Waals surface area contributed by atoms with E-state index < -0.39 is 17.5 Å². The quantitative estimate of drug-likeness (QED) is 0.581. The van der Waals surface area contributed by atoms with Crippen LogP contribution < -0.4 is 5.32 Å². The molecule has 0 saturated carbocycles. The van der Waals surface area contributed by atoms with Crippen LogP contribution in [0.4, 0.5) is 13.2 Å². The average molecular weight is 233 g/mol. The molecule has 2 nitrogen and oxygen atoms in total. The van der Waals surface area contributed by atoms with Gasteiger partial charge in [-0.1, -0.05) is 0 Å². The third kappa shape index (κ3) is 3.83. The van der Waals surface area contributed by atoms with E-state index in [1.165, 1.54) is 0 Å². The normalized spacial score (nSPS) is 10.8. The zero-order valence-corrected chi connectivity index (χ0v) is 8.77. The molecule has 0 unspecified atom stereocenters. The Morgan fingerprint density at radius 3 is 2.38 bits per heavy atom. The lowest BCUT2D eigenvalue weighted by Gasteiger charge is -2.06. The molecular weight excluding hydrogens is 219 g/mol. The number of rotatable bonds is 6. The van der Waals surface area contributed by atoms with E-state index in [-0.39, 0.29) is 18.7 Å². The van der Waals surface area contributed by atoms with E-state index in [4.69, 9.17) is 5.11 Å². The van der Waals surface area contributed by atoms with Gasteiger partial charge in [-0.25, -0.2) is 13.2 Å². The third-order valence-electron chi connectivity index (χ3n) is 2.17. The van der Waals surface area contributed by atoms with Gasteiger partial charge in [0.05, 0.1) is 0 Å². The largest absolute Gasteiger partial charge is 0.396 e. The maximum absolute atomic E-state index is 13.1. The summed E-state index contributed by atoms with van der Waals surface area (Å²) in [6.07, 6.45) is 1.41. The standard InChI is InChI=1S/C11H14F3NO/c12-9-6-11(14)10(13)5-8(9)7-15-3-1-2-4-16/h5-6,15-16H,1-4,7H2. The zero-order valence-electron chi connectivity index (χ0n) is 8.77. The van der Waals surface area contributed by atoms with Gasteiger partial charge in [0.1, 0.15) is 5.82 Å². The Morgan fingerprint density at radius 1 is 1.00 bits per heavy atom. The Hall–Kier alpha value is -1.07. The molecule has 16 heavy (non-hydrogen) atoms. The molecule has 0 bridgehead atoms. The van der Waals surface area contributed by atoms with Crippen LogP contribution in [0, 0.1) is 17.5 Å². The van der Waals surface area contributed by atoms with Gasteiger partial charge in [0.25, 0.3) is 0 Å². The summed E-state index contributed by atoms with van der Waals surface area (Å²) in [5, 5.41) is 11.4. The van der Waals surface area contributed by atoms with E-state index in [2.05, 4.69) is 5.32 Å². The molecule has 5 heteroatoms. The summed E-state index contributed by atoms with van der Waals surface area (Å²) >= 11 is 0. The summed E-state index contributed by atoms with van der Waals surface area (Å²) < 4.78 is 38.5. The molecule has 0 aliphatic heterocycles. The molecule has 1 rings (SSSR count). The van der Waals surface area contributed by atoms with Crippen LogP contribution in [0.25, 0.3) is 0 Å². The smallest absolute Gasteiger partial charge is 0.161 e. The number of hydrogen-bond acceptors (Lipinski definition) is 2. The van der Waals surface area contributed by atoms with Gasteiger partial charge >= 0.3 is 0 Å². The minimum absolute atomic E-state index is 0.0999. The highest BCUT2D eigenvalue weighted by Crippen LogP contribution is 2.13. The SMILES string of the molecule is OCCCCNCc1cc(F)c(F)cc1F. The van der Waals surface area contributed by atoms with Crippen LogP contribution in [0.5, 0.6) is 0 Å². The summed E-state index contributed by atoms with van der Waals surface area (Å²) in [5.41, 5.74) is 0.0999. The monoisotopic (exact) mass is 233 g/mol.